The van der Waals surface area contributed by atoms with Crippen LogP contribution in [-0.2, 0) is 14.6 Å². The lowest BCUT2D eigenvalue weighted by Crippen LogP contribution is -2.48. The molecule has 0 aromatic heterocycles. The van der Waals surface area contributed by atoms with Crippen molar-refractivity contribution in [3.05, 3.63) is 28.8 Å². The number of hydrogen-bond acceptors (Lipinski definition) is 4. The molecule has 1 aliphatic rings. The van der Waals surface area contributed by atoms with Crippen LogP contribution in [0, 0.1) is 0 Å². The highest BCUT2D eigenvalue weighted by atomic mass is 35.5. The van der Waals surface area contributed by atoms with E-state index in [0.29, 0.717) is 13.1 Å². The van der Waals surface area contributed by atoms with Gasteiger partial charge in [0, 0.05) is 19.3 Å². The first kappa shape index (κ1) is 16.3. The Bertz CT molecular complexity index is 649. The van der Waals surface area contributed by atoms with Crippen molar-refractivity contribution in [3.63, 3.8) is 0 Å². The topological polar surface area (TPSA) is 63.7 Å². The minimum absolute atomic E-state index is 0.0606. The Balaban J connectivity index is 2.34. The molecule has 0 saturated carbocycles. The Morgan fingerprint density at radius 1 is 1.29 bits per heavy atom. The fraction of sp³-hybridized carbons (Fsp3) is 0.500. The molecular weight excluding hydrogens is 314 g/mol. The zero-order chi connectivity index (χ0) is 15.8. The lowest BCUT2D eigenvalue weighted by molar-refractivity contribution is -0.0586. The number of carbonyl (C=O) groups excluding carboxylic acids is 1. The first-order chi connectivity index (χ1) is 9.68. The maximum atomic E-state index is 12.6. The van der Waals surface area contributed by atoms with Gasteiger partial charge in [0.15, 0.2) is 9.84 Å². The first-order valence-corrected chi connectivity index (χ1v) is 8.89. The van der Waals surface area contributed by atoms with Crippen LogP contribution in [0.2, 0.25) is 5.02 Å². The lowest BCUT2D eigenvalue weighted by Gasteiger charge is -2.35. The van der Waals surface area contributed by atoms with Gasteiger partial charge in [0.05, 0.1) is 27.7 Å². The molecule has 1 saturated heterocycles. The number of ether oxygens (including phenoxy) is 1. The maximum Gasteiger partial charge on any atom is 0.255 e. The number of carbonyl (C=O) groups is 1. The van der Waals surface area contributed by atoms with Gasteiger partial charge in [0.2, 0.25) is 0 Å². The predicted molar refractivity (Wildman–Crippen MR) is 80.5 cm³/mol. The second-order valence-corrected chi connectivity index (χ2v) is 7.80. The zero-order valence-electron chi connectivity index (χ0n) is 12.2. The summed E-state index contributed by atoms with van der Waals surface area (Å²) in [7, 11) is -3.38. The smallest absolute Gasteiger partial charge is 0.255 e. The molecule has 1 amide bonds. The van der Waals surface area contributed by atoms with Crippen LogP contribution in [-0.4, -0.2) is 50.8 Å². The van der Waals surface area contributed by atoms with E-state index in [4.69, 9.17) is 16.3 Å². The molecule has 0 radical (unpaired) electrons. The second kappa shape index (κ2) is 5.94. The third kappa shape index (κ3) is 3.75. The SMILES string of the molecule is CC1CN(C(=O)c2cc(S(C)(=O)=O)ccc2Cl)CC(C)O1. The second-order valence-electron chi connectivity index (χ2n) is 5.38. The van der Waals surface area contributed by atoms with Crippen LogP contribution in [0.15, 0.2) is 23.1 Å². The highest BCUT2D eigenvalue weighted by Gasteiger charge is 2.28. The molecule has 2 unspecified atom stereocenters. The van der Waals surface area contributed by atoms with Crippen LogP contribution < -0.4 is 0 Å². The van der Waals surface area contributed by atoms with Crippen LogP contribution >= 0.6 is 11.6 Å². The molecule has 7 heteroatoms. The minimum atomic E-state index is -3.38. The van der Waals surface area contributed by atoms with Crippen molar-refractivity contribution in [2.75, 3.05) is 19.3 Å². The standard InChI is InChI=1S/C14H18ClNO4S/c1-9-7-16(8-10(2)20-9)14(17)12-6-11(21(3,18)19)4-5-13(12)15/h4-6,9-10H,7-8H2,1-3H3. The summed E-state index contributed by atoms with van der Waals surface area (Å²) in [5.74, 6) is -0.271. The molecule has 1 aromatic rings. The van der Waals surface area contributed by atoms with Crippen molar-refractivity contribution >= 4 is 27.3 Å². The van der Waals surface area contributed by atoms with Crippen LogP contribution in [0.1, 0.15) is 24.2 Å². The summed E-state index contributed by atoms with van der Waals surface area (Å²) in [5, 5.41) is 0.249. The summed E-state index contributed by atoms with van der Waals surface area (Å²) in [6.07, 6.45) is 0.979. The Morgan fingerprint density at radius 2 is 1.86 bits per heavy atom. The third-order valence-electron chi connectivity index (χ3n) is 3.30. The molecule has 1 heterocycles. The van der Waals surface area contributed by atoms with E-state index in [1.165, 1.54) is 18.2 Å². The van der Waals surface area contributed by atoms with Gasteiger partial charge < -0.3 is 9.64 Å². The van der Waals surface area contributed by atoms with E-state index in [2.05, 4.69) is 0 Å². The van der Waals surface area contributed by atoms with Gasteiger partial charge in [-0.1, -0.05) is 11.6 Å². The number of amides is 1. The molecule has 2 atom stereocenters. The van der Waals surface area contributed by atoms with Gasteiger partial charge in [-0.15, -0.1) is 0 Å². The summed E-state index contributed by atoms with van der Waals surface area (Å²) in [6.45, 7) is 4.71. The molecule has 0 spiro atoms. The largest absolute Gasteiger partial charge is 0.372 e. The molecule has 0 aliphatic carbocycles. The van der Waals surface area contributed by atoms with Gasteiger partial charge >= 0.3 is 0 Å². The van der Waals surface area contributed by atoms with Crippen molar-refractivity contribution in [2.24, 2.45) is 0 Å². The lowest BCUT2D eigenvalue weighted by atomic mass is 10.1. The Labute approximate surface area is 129 Å². The van der Waals surface area contributed by atoms with Crippen LogP contribution in [0.3, 0.4) is 0 Å². The van der Waals surface area contributed by atoms with Gasteiger partial charge in [-0.2, -0.15) is 0 Å². The average Bonchev–Trinajstić information content (AvgIpc) is 2.36. The van der Waals surface area contributed by atoms with Crippen molar-refractivity contribution in [2.45, 2.75) is 31.0 Å². The van der Waals surface area contributed by atoms with E-state index in [-0.39, 0.29) is 33.6 Å². The number of halogens is 1. The molecule has 0 N–H and O–H groups in total. The molecule has 1 fully saturated rings. The molecule has 1 aromatic carbocycles. The number of nitrogens with zero attached hydrogens (tertiary/aromatic N) is 1. The summed E-state index contributed by atoms with van der Waals surface area (Å²) < 4.78 is 28.8. The van der Waals surface area contributed by atoms with Gasteiger partial charge in [0.1, 0.15) is 0 Å². The Kier molecular flexibility index (Phi) is 4.60. The fourth-order valence-corrected chi connectivity index (χ4v) is 3.26. The summed E-state index contributed by atoms with van der Waals surface area (Å²) in [6, 6.07) is 4.18. The highest BCUT2D eigenvalue weighted by Crippen LogP contribution is 2.23. The van der Waals surface area contributed by atoms with Gasteiger partial charge in [0.25, 0.3) is 5.91 Å². The average molecular weight is 332 g/mol. The van der Waals surface area contributed by atoms with E-state index in [9.17, 15) is 13.2 Å². The molecule has 116 valence electrons. The van der Waals surface area contributed by atoms with E-state index in [1.54, 1.807) is 4.90 Å². The third-order valence-corrected chi connectivity index (χ3v) is 4.74. The number of morpholine rings is 1. The quantitative estimate of drug-likeness (QED) is 0.831. The summed E-state index contributed by atoms with van der Waals surface area (Å²) in [4.78, 5) is 14.3. The number of benzene rings is 1. The first-order valence-electron chi connectivity index (χ1n) is 6.63. The molecule has 1 aliphatic heterocycles. The zero-order valence-corrected chi connectivity index (χ0v) is 13.7. The maximum absolute atomic E-state index is 12.6. The van der Waals surface area contributed by atoms with Gasteiger partial charge in [-0.05, 0) is 32.0 Å². The molecule has 5 nitrogen and oxygen atoms in total. The Morgan fingerprint density at radius 3 is 2.38 bits per heavy atom. The van der Waals surface area contributed by atoms with E-state index < -0.39 is 9.84 Å². The van der Waals surface area contributed by atoms with E-state index in [0.717, 1.165) is 6.26 Å². The normalized spacial score (nSPS) is 23.1. The predicted octanol–water partition coefficient (Wildman–Crippen LogP) is 1.99. The molecule has 2 rings (SSSR count). The molecule has 0 bridgehead atoms. The van der Waals surface area contributed by atoms with Crippen molar-refractivity contribution in [1.29, 1.82) is 0 Å². The number of hydrogen-bond donors (Lipinski definition) is 0. The highest BCUT2D eigenvalue weighted by molar-refractivity contribution is 7.90. The van der Waals surface area contributed by atoms with Crippen LogP contribution in [0.5, 0.6) is 0 Å². The number of sulfone groups is 1. The molecule has 21 heavy (non-hydrogen) atoms. The van der Waals surface area contributed by atoms with Crippen LogP contribution in [0.4, 0.5) is 0 Å². The van der Waals surface area contributed by atoms with Crippen molar-refractivity contribution in [3.8, 4) is 0 Å². The van der Waals surface area contributed by atoms with Crippen molar-refractivity contribution in [1.82, 2.24) is 4.90 Å². The van der Waals surface area contributed by atoms with Gasteiger partial charge in [-0.25, -0.2) is 8.42 Å². The minimum Gasteiger partial charge on any atom is -0.372 e. The molecular formula is C14H18ClNO4S. The van der Waals surface area contributed by atoms with Crippen molar-refractivity contribution < 1.29 is 17.9 Å². The summed E-state index contributed by atoms with van der Waals surface area (Å²) >= 11 is 6.06. The Hall–Kier alpha value is -1.11. The fourth-order valence-electron chi connectivity index (χ4n) is 2.41. The number of rotatable bonds is 2. The summed E-state index contributed by atoms with van der Waals surface area (Å²) in [5.41, 5.74) is 0.209. The van der Waals surface area contributed by atoms with Gasteiger partial charge in [-0.3, -0.25) is 4.79 Å². The van der Waals surface area contributed by atoms with E-state index >= 15 is 0 Å². The van der Waals surface area contributed by atoms with E-state index in [1.807, 2.05) is 13.8 Å². The monoisotopic (exact) mass is 331 g/mol. The van der Waals surface area contributed by atoms with Crippen LogP contribution in [0.25, 0.3) is 0 Å².